The highest BCUT2D eigenvalue weighted by Gasteiger charge is 2.08. The van der Waals surface area contributed by atoms with Crippen LogP contribution in [0.4, 0.5) is 0 Å². The van der Waals surface area contributed by atoms with E-state index in [-0.39, 0.29) is 12.0 Å². The van der Waals surface area contributed by atoms with Gasteiger partial charge in [0, 0.05) is 29.8 Å². The number of hydrogen-bond donors (Lipinski definition) is 2. The minimum atomic E-state index is -0.968. The van der Waals surface area contributed by atoms with E-state index >= 15 is 0 Å². The van der Waals surface area contributed by atoms with Gasteiger partial charge in [0.25, 0.3) is 0 Å². The molecule has 0 aliphatic heterocycles. The van der Waals surface area contributed by atoms with Gasteiger partial charge in [-0.05, 0) is 35.1 Å². The molecule has 0 atom stereocenters. The van der Waals surface area contributed by atoms with Crippen LogP contribution in [0.25, 0.3) is 21.9 Å². The fourth-order valence-electron chi connectivity index (χ4n) is 2.64. The Morgan fingerprint density at radius 2 is 1.71 bits per heavy atom. The normalized spacial score (nSPS) is 10.7. The Bertz CT molecular complexity index is 916. The van der Waals surface area contributed by atoms with Gasteiger partial charge >= 0.3 is 11.9 Å². The molecular formula is C19H15NO4. The first-order valence-electron chi connectivity index (χ1n) is 7.47. The molecule has 2 aromatic carbocycles. The number of carboxylic acids is 2. The molecule has 0 saturated carbocycles. The van der Waals surface area contributed by atoms with Crippen molar-refractivity contribution < 1.29 is 19.8 Å². The van der Waals surface area contributed by atoms with E-state index in [1.807, 2.05) is 24.3 Å². The molecule has 0 aliphatic rings. The van der Waals surface area contributed by atoms with Gasteiger partial charge in [0.1, 0.15) is 0 Å². The van der Waals surface area contributed by atoms with Crippen molar-refractivity contribution in [2.24, 2.45) is 0 Å². The average molecular weight is 321 g/mol. The number of carboxylic acid groups (broad SMARTS) is 2. The second-order valence-electron chi connectivity index (χ2n) is 5.52. The predicted octanol–water partition coefficient (Wildman–Crippen LogP) is 3.62. The zero-order valence-electron chi connectivity index (χ0n) is 12.8. The maximum atomic E-state index is 11.1. The van der Waals surface area contributed by atoms with Gasteiger partial charge in [-0.2, -0.15) is 0 Å². The summed E-state index contributed by atoms with van der Waals surface area (Å²) in [4.78, 5) is 25.9. The molecule has 3 aromatic rings. The maximum absolute atomic E-state index is 11.1. The smallest absolute Gasteiger partial charge is 0.335 e. The quantitative estimate of drug-likeness (QED) is 0.749. The van der Waals surface area contributed by atoms with Crippen LogP contribution in [0.5, 0.6) is 0 Å². The molecule has 3 rings (SSSR count). The first-order chi connectivity index (χ1) is 11.5. The number of carbonyl (C=O) groups is 2. The van der Waals surface area contributed by atoms with Crippen LogP contribution in [0.3, 0.4) is 0 Å². The van der Waals surface area contributed by atoms with E-state index in [4.69, 9.17) is 10.2 Å². The molecule has 0 unspecified atom stereocenters. The molecule has 0 amide bonds. The van der Waals surface area contributed by atoms with Gasteiger partial charge in [0.05, 0.1) is 5.56 Å². The Labute approximate surface area is 138 Å². The number of pyridine rings is 1. The number of aromatic nitrogens is 1. The van der Waals surface area contributed by atoms with Gasteiger partial charge in [-0.25, -0.2) is 4.79 Å². The Morgan fingerprint density at radius 3 is 2.38 bits per heavy atom. The lowest BCUT2D eigenvalue weighted by atomic mass is 9.98. The molecule has 2 N–H and O–H groups in total. The summed E-state index contributed by atoms with van der Waals surface area (Å²) in [7, 11) is 0. The molecule has 5 heteroatoms. The number of benzene rings is 2. The van der Waals surface area contributed by atoms with Crippen LogP contribution in [0.1, 0.15) is 22.3 Å². The van der Waals surface area contributed by atoms with Crippen molar-refractivity contribution in [3.05, 3.63) is 66.0 Å². The van der Waals surface area contributed by atoms with Crippen molar-refractivity contribution in [2.45, 2.75) is 12.8 Å². The summed E-state index contributed by atoms with van der Waals surface area (Å²) >= 11 is 0. The fourth-order valence-corrected chi connectivity index (χ4v) is 2.64. The molecule has 5 nitrogen and oxygen atoms in total. The number of hydrogen-bond acceptors (Lipinski definition) is 3. The fraction of sp³-hybridized carbons (Fsp3) is 0.105. The number of aryl methyl sites for hydroxylation is 1. The summed E-state index contributed by atoms with van der Waals surface area (Å²) in [5.74, 6) is -1.78. The second-order valence-corrected chi connectivity index (χ2v) is 5.52. The highest BCUT2D eigenvalue weighted by atomic mass is 16.4. The molecule has 0 radical (unpaired) electrons. The molecule has 1 heterocycles. The number of aromatic carboxylic acids is 1. The summed E-state index contributed by atoms with van der Waals surface area (Å²) in [6, 6.07) is 12.6. The summed E-state index contributed by atoms with van der Waals surface area (Å²) in [6.45, 7) is 0. The van der Waals surface area contributed by atoms with Gasteiger partial charge in [0.15, 0.2) is 0 Å². The van der Waals surface area contributed by atoms with Crippen LogP contribution >= 0.6 is 0 Å². The lowest BCUT2D eigenvalue weighted by molar-refractivity contribution is -0.136. The van der Waals surface area contributed by atoms with E-state index in [0.717, 1.165) is 27.5 Å². The van der Waals surface area contributed by atoms with Crippen molar-refractivity contribution in [1.29, 1.82) is 0 Å². The summed E-state index contributed by atoms with van der Waals surface area (Å²) in [6.07, 6.45) is 3.99. The minimum absolute atomic E-state index is 0.104. The predicted molar refractivity (Wildman–Crippen MR) is 90.1 cm³/mol. The number of aliphatic carboxylic acids is 1. The van der Waals surface area contributed by atoms with Crippen LogP contribution in [-0.2, 0) is 11.2 Å². The van der Waals surface area contributed by atoms with E-state index in [9.17, 15) is 9.59 Å². The third-order valence-electron chi connectivity index (χ3n) is 3.90. The Balaban J connectivity index is 1.97. The first kappa shape index (κ1) is 15.7. The van der Waals surface area contributed by atoms with Gasteiger partial charge in [-0.15, -0.1) is 0 Å². The van der Waals surface area contributed by atoms with Gasteiger partial charge in [-0.3, -0.25) is 9.78 Å². The van der Waals surface area contributed by atoms with Gasteiger partial charge < -0.3 is 10.2 Å². The summed E-state index contributed by atoms with van der Waals surface area (Å²) < 4.78 is 0. The molecule has 120 valence electrons. The molecule has 0 spiro atoms. The average Bonchev–Trinajstić information content (AvgIpc) is 2.59. The third kappa shape index (κ3) is 3.25. The van der Waals surface area contributed by atoms with E-state index in [2.05, 4.69) is 4.98 Å². The SMILES string of the molecule is O=C(O)CCc1ccc(-c2cncc3cc(C(=O)O)ccc23)cc1. The van der Waals surface area contributed by atoms with Crippen molar-refractivity contribution in [1.82, 2.24) is 4.98 Å². The van der Waals surface area contributed by atoms with E-state index < -0.39 is 11.9 Å². The largest absolute Gasteiger partial charge is 0.481 e. The molecule has 0 bridgehead atoms. The van der Waals surface area contributed by atoms with Crippen LogP contribution in [0.2, 0.25) is 0 Å². The minimum Gasteiger partial charge on any atom is -0.481 e. The lowest BCUT2D eigenvalue weighted by Crippen LogP contribution is -1.97. The molecule has 0 aliphatic carbocycles. The number of rotatable bonds is 5. The zero-order valence-corrected chi connectivity index (χ0v) is 12.8. The Kier molecular flexibility index (Phi) is 4.24. The Morgan fingerprint density at radius 1 is 0.958 bits per heavy atom. The molecule has 1 aromatic heterocycles. The molecule has 0 saturated heterocycles. The van der Waals surface area contributed by atoms with Crippen molar-refractivity contribution in [3.8, 4) is 11.1 Å². The van der Waals surface area contributed by atoms with Crippen molar-refractivity contribution >= 4 is 22.7 Å². The van der Waals surface area contributed by atoms with Crippen molar-refractivity contribution in [3.63, 3.8) is 0 Å². The highest BCUT2D eigenvalue weighted by Crippen LogP contribution is 2.28. The maximum Gasteiger partial charge on any atom is 0.335 e. The van der Waals surface area contributed by atoms with Crippen LogP contribution in [0.15, 0.2) is 54.9 Å². The lowest BCUT2D eigenvalue weighted by Gasteiger charge is -2.08. The molecular weight excluding hydrogens is 306 g/mol. The van der Waals surface area contributed by atoms with Gasteiger partial charge in [0.2, 0.25) is 0 Å². The first-order valence-corrected chi connectivity index (χ1v) is 7.47. The van der Waals surface area contributed by atoms with Crippen LogP contribution in [0, 0.1) is 0 Å². The van der Waals surface area contributed by atoms with Crippen LogP contribution in [-0.4, -0.2) is 27.1 Å². The van der Waals surface area contributed by atoms with Gasteiger partial charge in [-0.1, -0.05) is 30.3 Å². The highest BCUT2D eigenvalue weighted by molar-refractivity contribution is 6.00. The standard InChI is InChI=1S/C19H15NO4/c21-18(22)8-3-12-1-4-13(5-2-12)17-11-20-10-15-9-14(19(23)24)6-7-16(15)17/h1-2,4-7,9-11H,3,8H2,(H,21,22)(H,23,24). The summed E-state index contributed by atoms with van der Waals surface area (Å²) in [5, 5.41) is 19.5. The van der Waals surface area contributed by atoms with Crippen molar-refractivity contribution in [2.75, 3.05) is 0 Å². The topological polar surface area (TPSA) is 87.5 Å². The monoisotopic (exact) mass is 321 g/mol. The van der Waals surface area contributed by atoms with E-state index in [1.165, 1.54) is 0 Å². The van der Waals surface area contributed by atoms with Crippen LogP contribution < -0.4 is 0 Å². The number of nitrogens with zero attached hydrogens (tertiary/aromatic N) is 1. The second kappa shape index (κ2) is 6.50. The molecule has 0 fully saturated rings. The Hall–Kier alpha value is -3.21. The summed E-state index contributed by atoms with van der Waals surface area (Å²) in [5.41, 5.74) is 3.05. The number of fused-ring (bicyclic) bond motifs is 1. The zero-order chi connectivity index (χ0) is 17.1. The molecule has 24 heavy (non-hydrogen) atoms. The van der Waals surface area contributed by atoms with E-state index in [1.54, 1.807) is 30.6 Å². The van der Waals surface area contributed by atoms with E-state index in [0.29, 0.717) is 6.42 Å². The third-order valence-corrected chi connectivity index (χ3v) is 3.90.